The van der Waals surface area contributed by atoms with Crippen LogP contribution >= 0.6 is 12.6 Å². The molecular weight excluding hydrogens is 189 g/mol. The van der Waals surface area contributed by atoms with E-state index in [1.807, 2.05) is 13.8 Å². The van der Waals surface area contributed by atoms with Gasteiger partial charge in [-0.15, -0.1) is 0 Å². The van der Waals surface area contributed by atoms with E-state index in [2.05, 4.69) is 12.6 Å². The zero-order valence-electron chi connectivity index (χ0n) is 8.85. The fourth-order valence-electron chi connectivity index (χ4n) is 0.962. The number of halogens is 2. The average Bonchev–Trinajstić information content (AvgIpc) is 1.99. The van der Waals surface area contributed by atoms with Gasteiger partial charge in [0.25, 0.3) is 0 Å². The molecule has 4 heteroatoms. The standard InChI is InChI=1S/C9H19BF2S/c1-6(2)7(11)4-5-9(3,12)8(10)13/h6-8,13H,4-5,10H2,1-3H3. The molecule has 0 aromatic rings. The largest absolute Gasteiger partial charge is 0.247 e. The predicted molar refractivity (Wildman–Crippen MR) is 59.8 cm³/mol. The molecule has 0 aromatic carbocycles. The minimum atomic E-state index is -1.36. The topological polar surface area (TPSA) is 0 Å². The predicted octanol–water partition coefficient (Wildman–Crippen LogP) is 2.38. The summed E-state index contributed by atoms with van der Waals surface area (Å²) in [5.41, 5.74) is -1.36. The highest BCUT2D eigenvalue weighted by Crippen LogP contribution is 2.27. The summed E-state index contributed by atoms with van der Waals surface area (Å²) in [6, 6.07) is 0. The Kier molecular flexibility index (Phi) is 5.34. The molecule has 0 radical (unpaired) electrons. The van der Waals surface area contributed by atoms with Gasteiger partial charge in [-0.25, -0.2) is 8.78 Å². The Morgan fingerprint density at radius 3 is 2.23 bits per heavy atom. The molecule has 3 atom stereocenters. The van der Waals surface area contributed by atoms with Gasteiger partial charge in [-0.1, -0.05) is 13.8 Å². The highest BCUT2D eigenvalue weighted by molar-refractivity contribution is 7.82. The summed E-state index contributed by atoms with van der Waals surface area (Å²) >= 11 is 4.04. The first-order chi connectivity index (χ1) is 5.77. The highest BCUT2D eigenvalue weighted by Gasteiger charge is 2.29. The molecule has 3 unspecified atom stereocenters. The monoisotopic (exact) mass is 208 g/mol. The maximum atomic E-state index is 13.6. The van der Waals surface area contributed by atoms with Crippen LogP contribution in [0.5, 0.6) is 0 Å². The Morgan fingerprint density at radius 1 is 1.46 bits per heavy atom. The van der Waals surface area contributed by atoms with Crippen molar-refractivity contribution in [2.24, 2.45) is 5.92 Å². The van der Waals surface area contributed by atoms with Gasteiger partial charge in [0.15, 0.2) is 0 Å². The van der Waals surface area contributed by atoms with Crippen molar-refractivity contribution in [1.82, 2.24) is 0 Å². The molecule has 0 rings (SSSR count). The summed E-state index contributed by atoms with van der Waals surface area (Å²) in [6.45, 7) is 5.10. The third kappa shape index (κ3) is 4.89. The molecule has 0 saturated carbocycles. The molecule has 0 aliphatic carbocycles. The van der Waals surface area contributed by atoms with Crippen LogP contribution in [0.3, 0.4) is 0 Å². The Hall–Kier alpha value is 0.275. The van der Waals surface area contributed by atoms with E-state index < -0.39 is 11.8 Å². The molecule has 13 heavy (non-hydrogen) atoms. The molecule has 0 aromatic heterocycles. The fourth-order valence-corrected chi connectivity index (χ4v) is 1.09. The van der Waals surface area contributed by atoms with Crippen molar-refractivity contribution in [2.45, 2.75) is 50.6 Å². The first kappa shape index (κ1) is 13.3. The van der Waals surface area contributed by atoms with E-state index in [9.17, 15) is 8.78 Å². The molecule has 78 valence electrons. The van der Waals surface area contributed by atoms with Crippen molar-refractivity contribution in [3.63, 3.8) is 0 Å². The average molecular weight is 208 g/mol. The zero-order chi connectivity index (χ0) is 10.6. The Morgan fingerprint density at radius 2 is 1.92 bits per heavy atom. The van der Waals surface area contributed by atoms with Crippen LogP contribution in [0.2, 0.25) is 0 Å². The van der Waals surface area contributed by atoms with Crippen molar-refractivity contribution in [1.29, 1.82) is 0 Å². The van der Waals surface area contributed by atoms with Gasteiger partial charge in [0, 0.05) is 5.15 Å². The molecule has 0 amide bonds. The highest BCUT2D eigenvalue weighted by atomic mass is 32.1. The van der Waals surface area contributed by atoms with Crippen molar-refractivity contribution < 1.29 is 8.78 Å². The SMILES string of the molecule is BC(S)C(C)(F)CCC(F)C(C)C. The molecule has 0 aliphatic heterocycles. The third-order valence-corrected chi connectivity index (χ3v) is 3.04. The lowest BCUT2D eigenvalue weighted by molar-refractivity contribution is 0.151. The molecule has 0 aliphatic rings. The van der Waals surface area contributed by atoms with Crippen LogP contribution < -0.4 is 0 Å². The maximum absolute atomic E-state index is 13.6. The van der Waals surface area contributed by atoms with E-state index in [1.54, 1.807) is 7.85 Å². The second kappa shape index (κ2) is 5.23. The second-order valence-electron chi connectivity index (χ2n) is 4.25. The van der Waals surface area contributed by atoms with Crippen molar-refractivity contribution in [3.8, 4) is 0 Å². The second-order valence-corrected chi connectivity index (χ2v) is 5.03. The van der Waals surface area contributed by atoms with Crippen LogP contribution in [0.1, 0.15) is 33.6 Å². The summed E-state index contributed by atoms with van der Waals surface area (Å²) in [6.07, 6.45) is -0.366. The quantitative estimate of drug-likeness (QED) is 0.520. The number of thiol groups is 1. The van der Waals surface area contributed by atoms with E-state index in [-0.39, 0.29) is 23.9 Å². The minimum absolute atomic E-state index is 0.0222. The van der Waals surface area contributed by atoms with Crippen molar-refractivity contribution >= 4 is 20.5 Å². The van der Waals surface area contributed by atoms with Crippen LogP contribution in [0, 0.1) is 5.92 Å². The number of alkyl halides is 2. The smallest absolute Gasteiger partial charge is 0.122 e. The summed E-state index contributed by atoms with van der Waals surface area (Å²) in [5, 5.41) is -0.341. The normalized spacial score (nSPS) is 21.2. The molecule has 0 saturated heterocycles. The fraction of sp³-hybridized carbons (Fsp3) is 1.00. The number of rotatable bonds is 5. The number of hydrogen-bond acceptors (Lipinski definition) is 1. The minimum Gasteiger partial charge on any atom is -0.247 e. The Balaban J connectivity index is 3.88. The van der Waals surface area contributed by atoms with Gasteiger partial charge in [-0.05, 0) is 25.7 Å². The van der Waals surface area contributed by atoms with Gasteiger partial charge in [-0.2, -0.15) is 12.6 Å². The Labute approximate surface area is 86.3 Å². The van der Waals surface area contributed by atoms with Crippen LogP contribution in [-0.2, 0) is 0 Å². The van der Waals surface area contributed by atoms with Gasteiger partial charge in [0.1, 0.15) is 19.7 Å². The van der Waals surface area contributed by atoms with Crippen molar-refractivity contribution in [3.05, 3.63) is 0 Å². The van der Waals surface area contributed by atoms with E-state index in [1.165, 1.54) is 6.92 Å². The van der Waals surface area contributed by atoms with Gasteiger partial charge >= 0.3 is 0 Å². The van der Waals surface area contributed by atoms with Crippen LogP contribution in [0.25, 0.3) is 0 Å². The van der Waals surface area contributed by atoms with Crippen LogP contribution in [0.15, 0.2) is 0 Å². The van der Waals surface area contributed by atoms with E-state index in [0.29, 0.717) is 0 Å². The summed E-state index contributed by atoms with van der Waals surface area (Å²) in [7, 11) is 1.70. The molecule has 0 spiro atoms. The lowest BCUT2D eigenvalue weighted by Crippen LogP contribution is -2.32. The molecule has 0 bridgehead atoms. The maximum Gasteiger partial charge on any atom is 0.122 e. The first-order valence-electron chi connectivity index (χ1n) is 4.78. The summed E-state index contributed by atoms with van der Waals surface area (Å²) in [4.78, 5) is 0. The van der Waals surface area contributed by atoms with E-state index in [0.717, 1.165) is 0 Å². The molecule has 0 N–H and O–H groups in total. The summed E-state index contributed by atoms with van der Waals surface area (Å²) in [5.74, 6) is -0.0222. The molecular formula is C9H19BF2S. The van der Waals surface area contributed by atoms with Crippen molar-refractivity contribution in [2.75, 3.05) is 0 Å². The first-order valence-corrected chi connectivity index (χ1v) is 5.30. The van der Waals surface area contributed by atoms with Gasteiger partial charge in [-0.3, -0.25) is 0 Å². The number of hydrogen-bond donors (Lipinski definition) is 1. The van der Waals surface area contributed by atoms with Gasteiger partial charge in [0.05, 0.1) is 0 Å². The lowest BCUT2D eigenvalue weighted by Gasteiger charge is -2.25. The van der Waals surface area contributed by atoms with Crippen LogP contribution in [0.4, 0.5) is 8.78 Å². The third-order valence-electron chi connectivity index (χ3n) is 2.50. The molecule has 0 heterocycles. The van der Waals surface area contributed by atoms with Gasteiger partial charge in [0.2, 0.25) is 0 Å². The molecule has 0 fully saturated rings. The lowest BCUT2D eigenvalue weighted by atomic mass is 9.84. The Bertz CT molecular complexity index is 149. The molecule has 0 nitrogen and oxygen atoms in total. The zero-order valence-corrected chi connectivity index (χ0v) is 9.74. The van der Waals surface area contributed by atoms with E-state index >= 15 is 0 Å². The van der Waals surface area contributed by atoms with Gasteiger partial charge < -0.3 is 0 Å². The summed E-state index contributed by atoms with van der Waals surface area (Å²) < 4.78 is 26.7. The van der Waals surface area contributed by atoms with E-state index in [4.69, 9.17) is 0 Å². The van der Waals surface area contributed by atoms with Crippen LogP contribution in [-0.4, -0.2) is 24.8 Å².